The highest BCUT2D eigenvalue weighted by molar-refractivity contribution is 8.01. The van der Waals surface area contributed by atoms with Gasteiger partial charge in [0.05, 0.1) is 12.5 Å². The van der Waals surface area contributed by atoms with Gasteiger partial charge in [-0.1, -0.05) is 23.1 Å². The zero-order valence-electron chi connectivity index (χ0n) is 10.6. The van der Waals surface area contributed by atoms with Gasteiger partial charge in [0.25, 0.3) is 0 Å². The Morgan fingerprint density at radius 1 is 1.42 bits per heavy atom. The van der Waals surface area contributed by atoms with Crippen LogP contribution in [-0.4, -0.2) is 24.3 Å². The van der Waals surface area contributed by atoms with E-state index >= 15 is 0 Å². The summed E-state index contributed by atoms with van der Waals surface area (Å²) in [5.41, 5.74) is 7.32. The molecule has 0 aliphatic rings. The Labute approximate surface area is 120 Å². The Bertz CT molecular complexity index is 615. The number of aromatic nitrogens is 2. The summed E-state index contributed by atoms with van der Waals surface area (Å²) in [6.07, 6.45) is 0.319. The zero-order chi connectivity index (χ0) is 13.8. The molecule has 0 atom stereocenters. The van der Waals surface area contributed by atoms with Gasteiger partial charge in [0.15, 0.2) is 4.34 Å². The van der Waals surface area contributed by atoms with Crippen LogP contribution in [0, 0.1) is 11.3 Å². The predicted octanol–water partition coefficient (Wildman–Crippen LogP) is 2.40. The summed E-state index contributed by atoms with van der Waals surface area (Å²) in [6.45, 7) is 0. The van der Waals surface area contributed by atoms with Crippen molar-refractivity contribution in [3.63, 3.8) is 0 Å². The third-order valence-corrected chi connectivity index (χ3v) is 4.50. The normalized spacial score (nSPS) is 10.2. The summed E-state index contributed by atoms with van der Waals surface area (Å²) < 4.78 is 0.872. The minimum atomic E-state index is 0.319. The van der Waals surface area contributed by atoms with E-state index in [9.17, 15) is 0 Å². The van der Waals surface area contributed by atoms with E-state index in [-0.39, 0.29) is 0 Å². The lowest BCUT2D eigenvalue weighted by molar-refractivity contribution is 0.972. The van der Waals surface area contributed by atoms with Crippen molar-refractivity contribution in [2.75, 3.05) is 24.7 Å². The molecular weight excluding hydrogens is 278 g/mol. The molecule has 2 rings (SSSR count). The van der Waals surface area contributed by atoms with Crippen LogP contribution in [-0.2, 0) is 6.42 Å². The average molecular weight is 291 g/mol. The summed E-state index contributed by atoms with van der Waals surface area (Å²) in [4.78, 5) is 2.94. The van der Waals surface area contributed by atoms with Gasteiger partial charge in [-0.25, -0.2) is 0 Å². The number of nitrogen functional groups attached to an aromatic ring is 1. The molecule has 0 saturated carbocycles. The molecule has 1 heterocycles. The molecule has 2 aromatic rings. The minimum absolute atomic E-state index is 0.319. The van der Waals surface area contributed by atoms with Crippen LogP contribution in [0.5, 0.6) is 0 Å². The van der Waals surface area contributed by atoms with Gasteiger partial charge in [-0.05, 0) is 23.8 Å². The zero-order valence-corrected chi connectivity index (χ0v) is 12.3. The summed E-state index contributed by atoms with van der Waals surface area (Å²) in [5.74, 6) is 0. The second kappa shape index (κ2) is 5.91. The summed E-state index contributed by atoms with van der Waals surface area (Å²) in [7, 11) is 3.87. The van der Waals surface area contributed by atoms with Crippen molar-refractivity contribution in [1.29, 1.82) is 5.26 Å². The van der Waals surface area contributed by atoms with Gasteiger partial charge < -0.3 is 10.6 Å². The topological polar surface area (TPSA) is 78.8 Å². The summed E-state index contributed by atoms with van der Waals surface area (Å²) >= 11 is 3.06. The Morgan fingerprint density at radius 3 is 2.84 bits per heavy atom. The molecular formula is C12H13N5S2. The van der Waals surface area contributed by atoms with E-state index in [2.05, 4.69) is 16.3 Å². The van der Waals surface area contributed by atoms with Crippen LogP contribution in [0.1, 0.15) is 5.56 Å². The van der Waals surface area contributed by atoms with Crippen molar-refractivity contribution in [3.05, 3.63) is 23.8 Å². The van der Waals surface area contributed by atoms with Crippen LogP contribution in [0.3, 0.4) is 0 Å². The monoisotopic (exact) mass is 291 g/mol. The second-order valence-corrected chi connectivity index (χ2v) is 6.32. The van der Waals surface area contributed by atoms with Gasteiger partial charge in [0.1, 0.15) is 0 Å². The lowest BCUT2D eigenvalue weighted by atomic mass is 10.1. The van der Waals surface area contributed by atoms with Crippen LogP contribution in [0.15, 0.2) is 27.4 Å². The average Bonchev–Trinajstić information content (AvgIpc) is 2.82. The molecule has 5 nitrogen and oxygen atoms in total. The van der Waals surface area contributed by atoms with Crippen molar-refractivity contribution in [1.82, 2.24) is 10.2 Å². The van der Waals surface area contributed by atoms with E-state index in [1.165, 1.54) is 23.1 Å². The molecule has 7 heteroatoms. The van der Waals surface area contributed by atoms with E-state index in [0.29, 0.717) is 12.1 Å². The Morgan fingerprint density at radius 2 is 2.21 bits per heavy atom. The quantitative estimate of drug-likeness (QED) is 0.871. The molecule has 19 heavy (non-hydrogen) atoms. The molecule has 0 fully saturated rings. The molecule has 0 spiro atoms. The largest absolute Gasteiger partial charge is 0.398 e. The van der Waals surface area contributed by atoms with Crippen LogP contribution in [0.4, 0.5) is 10.8 Å². The van der Waals surface area contributed by atoms with E-state index in [0.717, 1.165) is 19.9 Å². The summed E-state index contributed by atoms with van der Waals surface area (Å²) in [5, 5.41) is 17.8. The van der Waals surface area contributed by atoms with Gasteiger partial charge in [-0.15, -0.1) is 10.2 Å². The Kier molecular flexibility index (Phi) is 4.24. The van der Waals surface area contributed by atoms with Gasteiger partial charge >= 0.3 is 0 Å². The van der Waals surface area contributed by atoms with E-state index in [1.807, 2.05) is 37.2 Å². The highest BCUT2D eigenvalue weighted by Crippen LogP contribution is 2.33. The first-order valence-electron chi connectivity index (χ1n) is 5.54. The van der Waals surface area contributed by atoms with Crippen molar-refractivity contribution in [3.8, 4) is 6.07 Å². The molecule has 0 aliphatic heterocycles. The number of anilines is 2. The minimum Gasteiger partial charge on any atom is -0.398 e. The van der Waals surface area contributed by atoms with Gasteiger partial charge in [-0.3, -0.25) is 0 Å². The van der Waals surface area contributed by atoms with Gasteiger partial charge in [0.2, 0.25) is 5.13 Å². The first kappa shape index (κ1) is 13.6. The van der Waals surface area contributed by atoms with Crippen molar-refractivity contribution < 1.29 is 0 Å². The Hall–Kier alpha value is -1.78. The molecule has 0 radical (unpaired) electrons. The van der Waals surface area contributed by atoms with Gasteiger partial charge in [-0.2, -0.15) is 5.26 Å². The first-order chi connectivity index (χ1) is 9.10. The second-order valence-electron chi connectivity index (χ2n) is 4.04. The maximum atomic E-state index is 8.75. The molecule has 0 bridgehead atoms. The lowest BCUT2D eigenvalue weighted by Crippen LogP contribution is -2.07. The lowest BCUT2D eigenvalue weighted by Gasteiger charge is -2.05. The molecule has 2 N–H and O–H groups in total. The molecule has 0 aliphatic carbocycles. The highest BCUT2D eigenvalue weighted by atomic mass is 32.2. The Balaban J connectivity index is 2.18. The molecule has 0 amide bonds. The maximum Gasteiger partial charge on any atom is 0.208 e. The number of hydrogen-bond donors (Lipinski definition) is 1. The van der Waals surface area contributed by atoms with Crippen molar-refractivity contribution >= 4 is 33.9 Å². The molecule has 98 valence electrons. The molecule has 1 aromatic carbocycles. The van der Waals surface area contributed by atoms with E-state index in [1.54, 1.807) is 0 Å². The SMILES string of the molecule is CN(C)c1nnc(Sc2ccc(N)c(CC#N)c2)s1. The number of rotatable bonds is 4. The highest BCUT2D eigenvalue weighted by Gasteiger charge is 2.08. The van der Waals surface area contributed by atoms with Crippen molar-refractivity contribution in [2.24, 2.45) is 0 Å². The fourth-order valence-electron chi connectivity index (χ4n) is 1.41. The van der Waals surface area contributed by atoms with Crippen LogP contribution in [0.25, 0.3) is 0 Å². The fourth-order valence-corrected chi connectivity index (χ4v) is 3.21. The van der Waals surface area contributed by atoms with E-state index < -0.39 is 0 Å². The molecule has 0 unspecified atom stereocenters. The fraction of sp³-hybridized carbons (Fsp3) is 0.250. The third kappa shape index (κ3) is 3.36. The number of benzene rings is 1. The standard InChI is InChI=1S/C12H13N5S2/c1-17(2)11-15-16-12(19-11)18-9-3-4-10(14)8(7-9)5-6-13/h3-4,7H,5,14H2,1-2H3. The van der Waals surface area contributed by atoms with Gasteiger partial charge in [0, 0.05) is 24.7 Å². The number of nitrogens with two attached hydrogens (primary N) is 1. The molecule has 0 saturated heterocycles. The number of nitriles is 1. The maximum absolute atomic E-state index is 8.75. The van der Waals surface area contributed by atoms with E-state index in [4.69, 9.17) is 11.0 Å². The van der Waals surface area contributed by atoms with Crippen LogP contribution < -0.4 is 10.6 Å². The van der Waals surface area contributed by atoms with Crippen LogP contribution >= 0.6 is 23.1 Å². The molecule has 1 aromatic heterocycles. The van der Waals surface area contributed by atoms with Crippen molar-refractivity contribution in [2.45, 2.75) is 15.7 Å². The summed E-state index contributed by atoms with van der Waals surface area (Å²) in [6, 6.07) is 7.79. The number of nitrogens with zero attached hydrogens (tertiary/aromatic N) is 4. The first-order valence-corrected chi connectivity index (χ1v) is 7.17. The van der Waals surface area contributed by atoms with Crippen LogP contribution in [0.2, 0.25) is 0 Å². The smallest absolute Gasteiger partial charge is 0.208 e. The number of hydrogen-bond acceptors (Lipinski definition) is 7. The predicted molar refractivity (Wildman–Crippen MR) is 78.5 cm³/mol. The third-order valence-electron chi connectivity index (χ3n) is 2.37.